The molecule has 3 aromatic rings. The number of nitrogens with zero attached hydrogens (tertiary/aromatic N) is 1. The highest BCUT2D eigenvalue weighted by Crippen LogP contribution is 2.16. The number of benzene rings is 2. The van der Waals surface area contributed by atoms with E-state index in [2.05, 4.69) is 4.98 Å². The molecule has 8 nitrogen and oxygen atoms in total. The van der Waals surface area contributed by atoms with Crippen molar-refractivity contribution in [3.63, 3.8) is 0 Å². The van der Waals surface area contributed by atoms with E-state index >= 15 is 0 Å². The molecule has 0 bridgehead atoms. The zero-order valence-corrected chi connectivity index (χ0v) is 14.5. The molecule has 2 N–H and O–H groups in total. The number of aromatic amines is 1. The Morgan fingerprint density at radius 1 is 1.15 bits per heavy atom. The molecule has 0 unspecified atom stereocenters. The van der Waals surface area contributed by atoms with E-state index < -0.39 is 33.7 Å². The van der Waals surface area contributed by atoms with Crippen LogP contribution < -0.4 is 11.2 Å². The van der Waals surface area contributed by atoms with Crippen LogP contribution in [0, 0.1) is 0 Å². The predicted octanol–water partition coefficient (Wildman–Crippen LogP) is 1.21. The average molecular weight is 395 g/mol. The molecule has 134 valence electrons. The Hall–Kier alpha value is -2.91. The molecule has 0 atom stereocenters. The summed E-state index contributed by atoms with van der Waals surface area (Å²) in [7, 11) is -4.53. The number of H-pyrrole nitrogens is 1. The van der Waals surface area contributed by atoms with E-state index in [0.717, 1.165) is 6.07 Å². The van der Waals surface area contributed by atoms with Crippen LogP contribution in [0.1, 0.15) is 5.56 Å². The van der Waals surface area contributed by atoms with Gasteiger partial charge in [0.05, 0.1) is 22.2 Å². The van der Waals surface area contributed by atoms with Crippen molar-refractivity contribution in [3.05, 3.63) is 73.9 Å². The molecule has 0 aliphatic rings. The van der Waals surface area contributed by atoms with Crippen LogP contribution in [0.5, 0.6) is 0 Å². The zero-order chi connectivity index (χ0) is 19.1. The van der Waals surface area contributed by atoms with E-state index in [1.54, 1.807) is 0 Å². The quantitative estimate of drug-likeness (QED) is 0.684. The first kappa shape index (κ1) is 17.9. The van der Waals surface area contributed by atoms with Gasteiger partial charge < -0.3 is 10.1 Å². The van der Waals surface area contributed by atoms with Crippen molar-refractivity contribution in [2.75, 3.05) is 0 Å². The van der Waals surface area contributed by atoms with Crippen LogP contribution in [0.15, 0.2) is 56.9 Å². The van der Waals surface area contributed by atoms with E-state index in [9.17, 15) is 22.8 Å². The number of carbonyl (C=O) groups is 1. The summed E-state index contributed by atoms with van der Waals surface area (Å²) in [5.74, 6) is -1.14. The standard InChI is InChI=1S/C16H11ClN2O6S/c17-10-4-5-12-13(8-10)18-16(23)19(15(12)22)26(24,25)11-3-1-2-9(6-11)7-14(20)21/h1-6,8H,7H2,(H,18,23)(H,20,21). The van der Waals surface area contributed by atoms with Crippen molar-refractivity contribution in [1.82, 2.24) is 8.96 Å². The van der Waals surface area contributed by atoms with E-state index in [0.29, 0.717) is 0 Å². The van der Waals surface area contributed by atoms with Crippen LogP contribution in [-0.4, -0.2) is 28.5 Å². The van der Waals surface area contributed by atoms with Crippen LogP contribution >= 0.6 is 11.6 Å². The summed E-state index contributed by atoms with van der Waals surface area (Å²) in [5.41, 5.74) is -1.84. The molecule has 0 fully saturated rings. The highest BCUT2D eigenvalue weighted by molar-refractivity contribution is 7.90. The van der Waals surface area contributed by atoms with Crippen molar-refractivity contribution in [3.8, 4) is 0 Å². The average Bonchev–Trinajstić information content (AvgIpc) is 2.53. The Morgan fingerprint density at radius 2 is 1.88 bits per heavy atom. The molecule has 0 amide bonds. The maximum absolute atomic E-state index is 12.8. The van der Waals surface area contributed by atoms with E-state index in [4.69, 9.17) is 16.7 Å². The first-order chi connectivity index (χ1) is 12.2. The minimum Gasteiger partial charge on any atom is -0.481 e. The number of carboxylic acid groups (broad SMARTS) is 1. The molecule has 0 radical (unpaired) electrons. The van der Waals surface area contributed by atoms with Gasteiger partial charge >= 0.3 is 11.7 Å². The number of aliphatic carboxylic acids is 1. The van der Waals surface area contributed by atoms with Crippen LogP contribution in [0.4, 0.5) is 0 Å². The summed E-state index contributed by atoms with van der Waals surface area (Å²) in [5, 5.41) is 9.08. The van der Waals surface area contributed by atoms with Gasteiger partial charge in [-0.1, -0.05) is 23.7 Å². The molecule has 26 heavy (non-hydrogen) atoms. The summed E-state index contributed by atoms with van der Waals surface area (Å²) >= 11 is 5.81. The summed E-state index contributed by atoms with van der Waals surface area (Å²) in [4.78, 5) is 37.6. The van der Waals surface area contributed by atoms with E-state index in [-0.39, 0.29) is 30.4 Å². The molecule has 0 aliphatic heterocycles. The largest absolute Gasteiger partial charge is 0.481 e. The van der Waals surface area contributed by atoms with Crippen molar-refractivity contribution in [2.24, 2.45) is 0 Å². The van der Waals surface area contributed by atoms with Crippen molar-refractivity contribution in [1.29, 1.82) is 0 Å². The number of hydrogen-bond acceptors (Lipinski definition) is 5. The second kappa shape index (κ2) is 6.43. The lowest BCUT2D eigenvalue weighted by molar-refractivity contribution is -0.136. The maximum atomic E-state index is 12.8. The van der Waals surface area contributed by atoms with E-state index in [1.807, 2.05) is 0 Å². The molecule has 0 saturated carbocycles. The number of aromatic nitrogens is 2. The Bertz CT molecular complexity index is 1260. The Kier molecular flexibility index (Phi) is 4.43. The molecule has 10 heteroatoms. The van der Waals surface area contributed by atoms with Crippen molar-refractivity contribution >= 4 is 38.5 Å². The van der Waals surface area contributed by atoms with Gasteiger partial charge in [0, 0.05) is 5.02 Å². The third-order valence-corrected chi connectivity index (χ3v) is 5.51. The predicted molar refractivity (Wildman–Crippen MR) is 94.2 cm³/mol. The number of fused-ring (bicyclic) bond motifs is 1. The highest BCUT2D eigenvalue weighted by atomic mass is 35.5. The molecular formula is C16H11ClN2O6S. The van der Waals surface area contributed by atoms with Gasteiger partial charge in [-0.3, -0.25) is 9.59 Å². The van der Waals surface area contributed by atoms with E-state index in [1.165, 1.54) is 36.4 Å². The van der Waals surface area contributed by atoms with Crippen molar-refractivity contribution < 1.29 is 18.3 Å². The van der Waals surface area contributed by atoms with Gasteiger partial charge in [-0.05, 0) is 35.9 Å². The van der Waals surface area contributed by atoms with Gasteiger partial charge in [0.1, 0.15) is 0 Å². The monoisotopic (exact) mass is 394 g/mol. The SMILES string of the molecule is O=C(O)Cc1cccc(S(=O)(=O)n2c(=O)[nH]c3cc(Cl)ccc3c2=O)c1. The smallest absolute Gasteiger partial charge is 0.343 e. The molecule has 0 aliphatic carbocycles. The van der Waals surface area contributed by atoms with Crippen LogP contribution in [0.2, 0.25) is 5.02 Å². The highest BCUT2D eigenvalue weighted by Gasteiger charge is 2.23. The topological polar surface area (TPSA) is 126 Å². The zero-order valence-electron chi connectivity index (χ0n) is 13.0. The second-order valence-corrected chi connectivity index (χ2v) is 7.64. The third-order valence-electron chi connectivity index (χ3n) is 3.61. The lowest BCUT2D eigenvalue weighted by Gasteiger charge is -2.09. The maximum Gasteiger partial charge on any atom is 0.343 e. The summed E-state index contributed by atoms with van der Waals surface area (Å²) < 4.78 is 25.7. The van der Waals surface area contributed by atoms with Crippen molar-refractivity contribution in [2.45, 2.75) is 11.3 Å². The molecule has 2 aromatic carbocycles. The number of halogens is 1. The van der Waals surface area contributed by atoms with Gasteiger partial charge in [-0.2, -0.15) is 0 Å². The third kappa shape index (κ3) is 3.14. The van der Waals surface area contributed by atoms with Gasteiger partial charge in [-0.15, -0.1) is 3.97 Å². The summed E-state index contributed by atoms with van der Waals surface area (Å²) in [6, 6.07) is 9.11. The Balaban J connectivity index is 2.26. The Labute approximate surface area is 151 Å². The lowest BCUT2D eigenvalue weighted by Crippen LogP contribution is -2.40. The molecule has 1 heterocycles. The lowest BCUT2D eigenvalue weighted by atomic mass is 10.2. The minimum atomic E-state index is -4.53. The van der Waals surface area contributed by atoms with Gasteiger partial charge in [0.25, 0.3) is 15.6 Å². The first-order valence-corrected chi connectivity index (χ1v) is 9.03. The fourth-order valence-electron chi connectivity index (χ4n) is 2.49. The van der Waals surface area contributed by atoms with Gasteiger partial charge in [-0.25, -0.2) is 13.2 Å². The second-order valence-electron chi connectivity index (χ2n) is 5.41. The summed E-state index contributed by atoms with van der Waals surface area (Å²) in [6.45, 7) is 0. The number of nitrogens with one attached hydrogen (secondary N) is 1. The van der Waals surface area contributed by atoms with Crippen LogP contribution in [-0.2, 0) is 21.2 Å². The van der Waals surface area contributed by atoms with Gasteiger partial charge in [0.2, 0.25) is 0 Å². The van der Waals surface area contributed by atoms with Crippen LogP contribution in [0.25, 0.3) is 10.9 Å². The fourth-order valence-corrected chi connectivity index (χ4v) is 4.00. The normalized spacial score (nSPS) is 11.6. The molecular weight excluding hydrogens is 384 g/mol. The fraction of sp³-hybridized carbons (Fsp3) is 0.0625. The molecule has 0 spiro atoms. The van der Waals surface area contributed by atoms with Gasteiger partial charge in [0.15, 0.2) is 0 Å². The molecule has 0 saturated heterocycles. The minimum absolute atomic E-state index is 0.0285. The Morgan fingerprint density at radius 3 is 2.58 bits per heavy atom. The number of rotatable bonds is 4. The molecule has 1 aromatic heterocycles. The summed E-state index contributed by atoms with van der Waals surface area (Å²) in [6.07, 6.45) is -0.398. The van der Waals surface area contributed by atoms with Crippen LogP contribution in [0.3, 0.4) is 0 Å². The number of carboxylic acids is 1. The first-order valence-electron chi connectivity index (χ1n) is 7.21. The number of hydrogen-bond donors (Lipinski definition) is 2. The molecule has 3 rings (SSSR count).